The maximum atomic E-state index is 12.0. The zero-order valence-electron chi connectivity index (χ0n) is 11.0. The summed E-state index contributed by atoms with van der Waals surface area (Å²) in [5, 5.41) is 2.94. The third kappa shape index (κ3) is 2.48. The molecule has 1 amide bonds. The van der Waals surface area contributed by atoms with Crippen molar-refractivity contribution in [2.24, 2.45) is 5.73 Å². The number of anilines is 1. The zero-order chi connectivity index (χ0) is 13.1. The molecule has 2 unspecified atom stereocenters. The van der Waals surface area contributed by atoms with Crippen LogP contribution in [0, 0.1) is 6.92 Å². The van der Waals surface area contributed by atoms with Gasteiger partial charge in [-0.05, 0) is 38.9 Å². The first kappa shape index (κ1) is 12.9. The number of rotatable bonds is 3. The highest BCUT2D eigenvalue weighted by molar-refractivity contribution is 5.86. The van der Waals surface area contributed by atoms with Crippen LogP contribution in [-0.4, -0.2) is 31.1 Å². The van der Waals surface area contributed by atoms with Gasteiger partial charge in [-0.2, -0.15) is 0 Å². The third-order valence-corrected chi connectivity index (χ3v) is 3.46. The van der Waals surface area contributed by atoms with Crippen molar-refractivity contribution in [2.45, 2.75) is 32.4 Å². The number of carbonyl (C=O) groups excluding carboxylic acids is 1. The van der Waals surface area contributed by atoms with E-state index in [-0.39, 0.29) is 11.9 Å². The summed E-state index contributed by atoms with van der Waals surface area (Å²) in [7, 11) is 0. The van der Waals surface area contributed by atoms with Crippen molar-refractivity contribution < 1.29 is 4.79 Å². The molecule has 1 fully saturated rings. The molecule has 1 saturated heterocycles. The fourth-order valence-electron chi connectivity index (χ4n) is 2.48. The average molecular weight is 247 g/mol. The van der Waals surface area contributed by atoms with Crippen LogP contribution in [0.25, 0.3) is 0 Å². The average Bonchev–Trinajstić information content (AvgIpc) is 2.36. The molecule has 18 heavy (non-hydrogen) atoms. The Hall–Kier alpha value is -1.55. The van der Waals surface area contributed by atoms with E-state index in [2.05, 4.69) is 48.3 Å². The molecule has 1 heterocycles. The maximum Gasteiger partial charge on any atom is 0.242 e. The Morgan fingerprint density at radius 3 is 2.67 bits per heavy atom. The van der Waals surface area contributed by atoms with E-state index in [9.17, 15) is 4.79 Å². The standard InChI is InChI=1S/C14H21N3O/c1-10-3-5-12(6-4-10)17-11(2)9-16-14(18)13(17)7-8-15/h3-6,11,13H,7-9,15H2,1-2H3,(H,16,18). The molecular formula is C14H21N3O. The molecule has 1 aliphatic heterocycles. The summed E-state index contributed by atoms with van der Waals surface area (Å²) in [6, 6.07) is 8.45. The Morgan fingerprint density at radius 1 is 1.39 bits per heavy atom. The Labute approximate surface area is 108 Å². The number of nitrogens with one attached hydrogen (secondary N) is 1. The minimum absolute atomic E-state index is 0.0825. The van der Waals surface area contributed by atoms with Gasteiger partial charge in [0.15, 0.2) is 0 Å². The van der Waals surface area contributed by atoms with Gasteiger partial charge in [0.2, 0.25) is 5.91 Å². The van der Waals surface area contributed by atoms with Crippen LogP contribution >= 0.6 is 0 Å². The van der Waals surface area contributed by atoms with E-state index in [1.807, 2.05) is 0 Å². The molecule has 0 saturated carbocycles. The van der Waals surface area contributed by atoms with E-state index in [1.54, 1.807) is 0 Å². The van der Waals surface area contributed by atoms with Gasteiger partial charge in [-0.1, -0.05) is 17.7 Å². The van der Waals surface area contributed by atoms with E-state index in [4.69, 9.17) is 5.73 Å². The molecule has 0 aliphatic carbocycles. The number of amides is 1. The summed E-state index contributed by atoms with van der Waals surface area (Å²) >= 11 is 0. The Kier molecular flexibility index (Phi) is 3.87. The van der Waals surface area contributed by atoms with Crippen molar-refractivity contribution in [3.05, 3.63) is 29.8 Å². The molecule has 0 radical (unpaired) electrons. The van der Waals surface area contributed by atoms with Gasteiger partial charge in [0, 0.05) is 18.3 Å². The van der Waals surface area contributed by atoms with Crippen molar-refractivity contribution in [1.29, 1.82) is 0 Å². The summed E-state index contributed by atoms with van der Waals surface area (Å²) in [5.74, 6) is 0.0825. The van der Waals surface area contributed by atoms with Crippen LogP contribution in [0.4, 0.5) is 5.69 Å². The smallest absolute Gasteiger partial charge is 0.242 e. The maximum absolute atomic E-state index is 12.0. The fourth-order valence-corrected chi connectivity index (χ4v) is 2.48. The highest BCUT2D eigenvalue weighted by atomic mass is 16.2. The second kappa shape index (κ2) is 5.40. The molecule has 1 aliphatic rings. The van der Waals surface area contributed by atoms with E-state index in [0.29, 0.717) is 25.6 Å². The lowest BCUT2D eigenvalue weighted by Gasteiger charge is -2.41. The van der Waals surface area contributed by atoms with Crippen LogP contribution < -0.4 is 16.0 Å². The van der Waals surface area contributed by atoms with Crippen molar-refractivity contribution in [3.63, 3.8) is 0 Å². The first-order valence-corrected chi connectivity index (χ1v) is 6.46. The molecule has 98 valence electrons. The van der Waals surface area contributed by atoms with E-state index in [1.165, 1.54) is 5.56 Å². The normalized spacial score (nSPS) is 23.9. The number of aryl methyl sites for hydroxylation is 1. The topological polar surface area (TPSA) is 58.4 Å². The van der Waals surface area contributed by atoms with E-state index in [0.717, 1.165) is 5.69 Å². The molecule has 4 heteroatoms. The van der Waals surface area contributed by atoms with E-state index < -0.39 is 0 Å². The van der Waals surface area contributed by atoms with Crippen LogP contribution in [0.15, 0.2) is 24.3 Å². The van der Waals surface area contributed by atoms with Crippen LogP contribution in [0.5, 0.6) is 0 Å². The number of hydrogen-bond acceptors (Lipinski definition) is 3. The minimum atomic E-state index is -0.151. The fraction of sp³-hybridized carbons (Fsp3) is 0.500. The van der Waals surface area contributed by atoms with Crippen molar-refractivity contribution in [3.8, 4) is 0 Å². The van der Waals surface area contributed by atoms with Crippen LogP contribution in [0.1, 0.15) is 18.9 Å². The molecule has 2 atom stereocenters. The zero-order valence-corrected chi connectivity index (χ0v) is 11.0. The van der Waals surface area contributed by atoms with Gasteiger partial charge in [0.1, 0.15) is 6.04 Å². The van der Waals surface area contributed by atoms with Gasteiger partial charge >= 0.3 is 0 Å². The second-order valence-electron chi connectivity index (χ2n) is 4.93. The van der Waals surface area contributed by atoms with Crippen molar-refractivity contribution in [1.82, 2.24) is 5.32 Å². The second-order valence-corrected chi connectivity index (χ2v) is 4.93. The molecule has 4 nitrogen and oxygen atoms in total. The van der Waals surface area contributed by atoms with Crippen LogP contribution in [0.2, 0.25) is 0 Å². The lowest BCUT2D eigenvalue weighted by molar-refractivity contribution is -0.123. The number of piperazine rings is 1. The summed E-state index contributed by atoms with van der Waals surface area (Å²) in [6.07, 6.45) is 0.685. The highest BCUT2D eigenvalue weighted by Gasteiger charge is 2.33. The van der Waals surface area contributed by atoms with Gasteiger partial charge in [0.05, 0.1) is 0 Å². The highest BCUT2D eigenvalue weighted by Crippen LogP contribution is 2.24. The van der Waals surface area contributed by atoms with Crippen molar-refractivity contribution >= 4 is 11.6 Å². The first-order valence-electron chi connectivity index (χ1n) is 6.46. The van der Waals surface area contributed by atoms with Crippen molar-refractivity contribution in [2.75, 3.05) is 18.0 Å². The summed E-state index contributed by atoms with van der Waals surface area (Å²) < 4.78 is 0. The van der Waals surface area contributed by atoms with Gasteiger partial charge in [0.25, 0.3) is 0 Å². The molecule has 1 aromatic carbocycles. The Bertz CT molecular complexity index is 416. The summed E-state index contributed by atoms with van der Waals surface area (Å²) in [4.78, 5) is 14.2. The number of hydrogen-bond donors (Lipinski definition) is 2. The number of carbonyl (C=O) groups is 1. The number of benzene rings is 1. The number of nitrogens with zero attached hydrogens (tertiary/aromatic N) is 1. The third-order valence-electron chi connectivity index (χ3n) is 3.46. The monoisotopic (exact) mass is 247 g/mol. The largest absolute Gasteiger partial charge is 0.355 e. The Morgan fingerprint density at radius 2 is 2.06 bits per heavy atom. The molecule has 3 N–H and O–H groups in total. The summed E-state index contributed by atoms with van der Waals surface area (Å²) in [5.41, 5.74) is 7.95. The van der Waals surface area contributed by atoms with E-state index >= 15 is 0 Å². The molecular weight excluding hydrogens is 226 g/mol. The van der Waals surface area contributed by atoms with Crippen LogP contribution in [0.3, 0.4) is 0 Å². The lowest BCUT2D eigenvalue weighted by atomic mass is 10.0. The molecule has 0 bridgehead atoms. The van der Waals surface area contributed by atoms with Gasteiger partial charge < -0.3 is 16.0 Å². The SMILES string of the molecule is Cc1ccc(N2C(C)CNC(=O)C2CCN)cc1. The lowest BCUT2D eigenvalue weighted by Crippen LogP contribution is -2.60. The number of nitrogens with two attached hydrogens (primary N) is 1. The van der Waals surface area contributed by atoms with Gasteiger partial charge in [-0.15, -0.1) is 0 Å². The molecule has 1 aromatic rings. The predicted octanol–water partition coefficient (Wildman–Crippen LogP) is 1.04. The van der Waals surface area contributed by atoms with Gasteiger partial charge in [-0.25, -0.2) is 0 Å². The predicted molar refractivity (Wildman–Crippen MR) is 73.6 cm³/mol. The van der Waals surface area contributed by atoms with Crippen LogP contribution in [-0.2, 0) is 4.79 Å². The molecule has 0 aromatic heterocycles. The molecule has 2 rings (SSSR count). The quantitative estimate of drug-likeness (QED) is 0.839. The summed E-state index contributed by atoms with van der Waals surface area (Å²) in [6.45, 7) is 5.40. The Balaban J connectivity index is 2.30. The minimum Gasteiger partial charge on any atom is -0.355 e. The molecule has 0 spiro atoms. The van der Waals surface area contributed by atoms with Gasteiger partial charge in [-0.3, -0.25) is 4.79 Å². The first-order chi connectivity index (χ1) is 8.63.